The van der Waals surface area contributed by atoms with Crippen LogP contribution in [0.3, 0.4) is 0 Å². The third-order valence-electron chi connectivity index (χ3n) is 1.72. The van der Waals surface area contributed by atoms with Crippen molar-refractivity contribution in [2.75, 3.05) is 7.11 Å². The first-order valence-electron chi connectivity index (χ1n) is 3.95. The summed E-state index contributed by atoms with van der Waals surface area (Å²) in [5.74, 6) is 0.908. The lowest BCUT2D eigenvalue weighted by molar-refractivity contribution is 0.427. The number of aromatic amines is 1. The van der Waals surface area contributed by atoms with Crippen molar-refractivity contribution in [1.82, 2.24) is 9.97 Å². The van der Waals surface area contributed by atoms with E-state index in [0.29, 0.717) is 0 Å². The monoisotopic (exact) mass is 194 g/mol. The van der Waals surface area contributed by atoms with Gasteiger partial charge in [-0.25, -0.2) is 4.98 Å². The van der Waals surface area contributed by atoms with Gasteiger partial charge in [0.15, 0.2) is 5.06 Å². The normalized spacial score (nSPS) is 10.3. The van der Waals surface area contributed by atoms with Gasteiger partial charge in [0.1, 0.15) is 5.82 Å². The molecule has 0 bridgehead atoms. The van der Waals surface area contributed by atoms with Crippen molar-refractivity contribution in [3.8, 4) is 15.8 Å². The highest BCUT2D eigenvalue weighted by Crippen LogP contribution is 2.30. The number of aromatic nitrogens is 2. The van der Waals surface area contributed by atoms with E-state index < -0.39 is 0 Å². The average molecular weight is 194 g/mol. The van der Waals surface area contributed by atoms with Crippen molar-refractivity contribution in [2.24, 2.45) is 0 Å². The standard InChI is InChI=1S/C9H10N2OS/c1-6-5-10-9(11-6)7-3-4-8(12-2)13-7/h3-5H,1-2H3,(H,10,11). The van der Waals surface area contributed by atoms with Gasteiger partial charge in [-0.15, -0.1) is 0 Å². The van der Waals surface area contributed by atoms with Crippen LogP contribution in [0.4, 0.5) is 0 Å². The van der Waals surface area contributed by atoms with Crippen LogP contribution in [-0.2, 0) is 0 Å². The maximum atomic E-state index is 5.10. The van der Waals surface area contributed by atoms with Crippen LogP contribution in [-0.4, -0.2) is 17.1 Å². The lowest BCUT2D eigenvalue weighted by Crippen LogP contribution is -1.74. The number of hydrogen-bond acceptors (Lipinski definition) is 3. The van der Waals surface area contributed by atoms with E-state index in [1.54, 1.807) is 18.4 Å². The van der Waals surface area contributed by atoms with Crippen LogP contribution in [0, 0.1) is 6.92 Å². The lowest BCUT2D eigenvalue weighted by Gasteiger charge is -1.90. The molecular weight excluding hydrogens is 184 g/mol. The molecule has 0 fully saturated rings. The molecule has 2 aromatic heterocycles. The van der Waals surface area contributed by atoms with Gasteiger partial charge in [0.25, 0.3) is 0 Å². The van der Waals surface area contributed by atoms with Crippen molar-refractivity contribution in [1.29, 1.82) is 0 Å². The van der Waals surface area contributed by atoms with Crippen LogP contribution in [0.1, 0.15) is 5.69 Å². The Labute approximate surface area is 80.4 Å². The number of thiophene rings is 1. The number of ether oxygens (including phenoxy) is 1. The van der Waals surface area contributed by atoms with E-state index >= 15 is 0 Å². The third-order valence-corrected chi connectivity index (χ3v) is 2.77. The van der Waals surface area contributed by atoms with Gasteiger partial charge in [0, 0.05) is 11.9 Å². The minimum Gasteiger partial charge on any atom is -0.487 e. The highest BCUT2D eigenvalue weighted by molar-refractivity contribution is 7.17. The van der Waals surface area contributed by atoms with Gasteiger partial charge >= 0.3 is 0 Å². The number of nitrogens with zero attached hydrogens (tertiary/aromatic N) is 1. The number of rotatable bonds is 2. The molecule has 68 valence electrons. The van der Waals surface area contributed by atoms with E-state index in [0.717, 1.165) is 21.5 Å². The van der Waals surface area contributed by atoms with E-state index in [9.17, 15) is 0 Å². The molecule has 4 heteroatoms. The Kier molecular flexibility index (Phi) is 2.06. The second-order valence-electron chi connectivity index (χ2n) is 2.74. The molecule has 2 aromatic rings. The molecule has 0 aliphatic carbocycles. The summed E-state index contributed by atoms with van der Waals surface area (Å²) < 4.78 is 5.10. The van der Waals surface area contributed by atoms with E-state index in [-0.39, 0.29) is 0 Å². The topological polar surface area (TPSA) is 37.9 Å². The number of methoxy groups -OCH3 is 1. The summed E-state index contributed by atoms with van der Waals surface area (Å²) in [6.45, 7) is 1.99. The zero-order chi connectivity index (χ0) is 9.26. The van der Waals surface area contributed by atoms with E-state index in [1.165, 1.54) is 0 Å². The van der Waals surface area contributed by atoms with Crippen molar-refractivity contribution < 1.29 is 4.74 Å². The van der Waals surface area contributed by atoms with E-state index in [1.807, 2.05) is 25.3 Å². The Morgan fingerprint density at radius 3 is 2.85 bits per heavy atom. The molecule has 3 nitrogen and oxygen atoms in total. The molecule has 0 spiro atoms. The van der Waals surface area contributed by atoms with Gasteiger partial charge in [0.05, 0.1) is 12.0 Å². The Morgan fingerprint density at radius 1 is 1.46 bits per heavy atom. The fraction of sp³-hybridized carbons (Fsp3) is 0.222. The molecule has 13 heavy (non-hydrogen) atoms. The summed E-state index contributed by atoms with van der Waals surface area (Å²) in [6, 6.07) is 3.94. The molecule has 0 aromatic carbocycles. The van der Waals surface area contributed by atoms with E-state index in [2.05, 4.69) is 9.97 Å². The molecule has 2 heterocycles. The van der Waals surface area contributed by atoms with Crippen LogP contribution < -0.4 is 4.74 Å². The summed E-state index contributed by atoms with van der Waals surface area (Å²) in [6.07, 6.45) is 1.82. The molecule has 0 saturated heterocycles. The lowest BCUT2D eigenvalue weighted by atomic mass is 10.4. The van der Waals surface area contributed by atoms with Crippen LogP contribution in [0.5, 0.6) is 5.06 Å². The first kappa shape index (κ1) is 8.31. The molecule has 0 saturated carbocycles. The van der Waals surface area contributed by atoms with Gasteiger partial charge in [-0.2, -0.15) is 0 Å². The molecule has 0 radical (unpaired) electrons. The number of aryl methyl sites for hydroxylation is 1. The van der Waals surface area contributed by atoms with Crippen molar-refractivity contribution in [3.63, 3.8) is 0 Å². The van der Waals surface area contributed by atoms with Gasteiger partial charge in [-0.3, -0.25) is 0 Å². The van der Waals surface area contributed by atoms with Gasteiger partial charge in [-0.05, 0) is 19.1 Å². The van der Waals surface area contributed by atoms with Gasteiger partial charge in [0.2, 0.25) is 0 Å². The number of imidazole rings is 1. The largest absolute Gasteiger partial charge is 0.487 e. The van der Waals surface area contributed by atoms with Crippen LogP contribution in [0.2, 0.25) is 0 Å². The van der Waals surface area contributed by atoms with Gasteiger partial charge < -0.3 is 9.72 Å². The maximum Gasteiger partial charge on any atom is 0.173 e. The highest BCUT2D eigenvalue weighted by Gasteiger charge is 2.05. The molecular formula is C9H10N2OS. The quantitative estimate of drug-likeness (QED) is 0.797. The molecule has 0 unspecified atom stereocenters. The Morgan fingerprint density at radius 2 is 2.31 bits per heavy atom. The van der Waals surface area contributed by atoms with Crippen LogP contribution in [0.15, 0.2) is 18.3 Å². The SMILES string of the molecule is COc1ccc(-c2ncc(C)[nH]2)s1. The second-order valence-corrected chi connectivity index (χ2v) is 3.78. The zero-order valence-electron chi connectivity index (χ0n) is 7.50. The van der Waals surface area contributed by atoms with Crippen LogP contribution in [0.25, 0.3) is 10.7 Å². The Hall–Kier alpha value is -1.29. The maximum absolute atomic E-state index is 5.10. The average Bonchev–Trinajstić information content (AvgIpc) is 2.71. The number of nitrogens with one attached hydrogen (secondary N) is 1. The van der Waals surface area contributed by atoms with Crippen molar-refractivity contribution >= 4 is 11.3 Å². The number of hydrogen-bond donors (Lipinski definition) is 1. The molecule has 2 rings (SSSR count). The fourth-order valence-corrected chi connectivity index (χ4v) is 1.87. The third kappa shape index (κ3) is 1.58. The minimum absolute atomic E-state index is 0.907. The predicted octanol–water partition coefficient (Wildman–Crippen LogP) is 2.46. The first-order valence-corrected chi connectivity index (χ1v) is 4.77. The molecule has 1 N–H and O–H groups in total. The van der Waals surface area contributed by atoms with Crippen LogP contribution >= 0.6 is 11.3 Å². The summed E-state index contributed by atoms with van der Waals surface area (Å²) in [7, 11) is 1.67. The summed E-state index contributed by atoms with van der Waals surface area (Å²) in [5, 5.41) is 0.907. The summed E-state index contributed by atoms with van der Waals surface area (Å²) in [4.78, 5) is 8.51. The Bertz CT molecular complexity index is 405. The second kappa shape index (κ2) is 3.22. The minimum atomic E-state index is 0.907. The first-order chi connectivity index (χ1) is 6.29. The smallest absolute Gasteiger partial charge is 0.173 e. The van der Waals surface area contributed by atoms with Gasteiger partial charge in [-0.1, -0.05) is 11.3 Å². The summed E-state index contributed by atoms with van der Waals surface area (Å²) in [5.41, 5.74) is 1.07. The summed E-state index contributed by atoms with van der Waals surface area (Å²) >= 11 is 1.58. The zero-order valence-corrected chi connectivity index (χ0v) is 8.31. The molecule has 0 aliphatic heterocycles. The van der Waals surface area contributed by atoms with E-state index in [4.69, 9.17) is 4.74 Å². The fourth-order valence-electron chi connectivity index (χ4n) is 1.10. The number of H-pyrrole nitrogens is 1. The Balaban J connectivity index is 2.35. The predicted molar refractivity (Wildman–Crippen MR) is 53.2 cm³/mol. The molecule has 0 atom stereocenters. The van der Waals surface area contributed by atoms with Crippen molar-refractivity contribution in [3.05, 3.63) is 24.0 Å². The highest BCUT2D eigenvalue weighted by atomic mass is 32.1. The molecule has 0 aliphatic rings. The van der Waals surface area contributed by atoms with Crippen molar-refractivity contribution in [2.45, 2.75) is 6.92 Å². The molecule has 0 amide bonds.